The third kappa shape index (κ3) is 2.47. The lowest BCUT2D eigenvalue weighted by Crippen LogP contribution is -2.35. The molecule has 1 aliphatic rings. The normalized spacial score (nSPS) is 19.9. The molecule has 16 heavy (non-hydrogen) atoms. The minimum atomic E-state index is -4.62. The fourth-order valence-electron chi connectivity index (χ4n) is 1.55. The number of hydrogen-bond acceptors (Lipinski definition) is 1. The Hall–Kier alpha value is -0.810. The summed E-state index contributed by atoms with van der Waals surface area (Å²) in [6.07, 6.45) is -3.83. The highest BCUT2D eigenvalue weighted by atomic mass is 35.5. The molecule has 6 heteroatoms. The molecule has 1 fully saturated rings. The molecule has 2 rings (SSSR count). The summed E-state index contributed by atoms with van der Waals surface area (Å²) in [5, 5.41) is 2.97. The average molecular weight is 256 g/mol. The van der Waals surface area contributed by atoms with Crippen molar-refractivity contribution in [1.29, 1.82) is 0 Å². The second-order valence-corrected chi connectivity index (χ2v) is 3.53. The Morgan fingerprint density at radius 2 is 1.88 bits per heavy atom. The zero-order valence-electron chi connectivity index (χ0n) is 8.14. The van der Waals surface area contributed by atoms with Gasteiger partial charge in [-0.2, -0.15) is 13.2 Å². The Morgan fingerprint density at radius 3 is 2.31 bits per heavy atom. The topological polar surface area (TPSA) is 12.0 Å². The smallest absolute Gasteiger partial charge is 0.310 e. The molecule has 1 saturated heterocycles. The SMILES string of the molecule is Cl.Fc1ccc([C@H]2CCN2)cc1C(F)(F)F. The summed E-state index contributed by atoms with van der Waals surface area (Å²) in [5.74, 6) is -1.22. The first-order valence-corrected chi connectivity index (χ1v) is 4.58. The van der Waals surface area contributed by atoms with Gasteiger partial charge in [-0.15, -0.1) is 12.4 Å². The van der Waals surface area contributed by atoms with E-state index in [1.165, 1.54) is 6.07 Å². The molecule has 0 radical (unpaired) electrons. The molecule has 0 amide bonds. The average Bonchev–Trinajstić information content (AvgIpc) is 2.03. The Morgan fingerprint density at radius 1 is 1.25 bits per heavy atom. The Labute approximate surface area is 96.3 Å². The molecule has 1 aromatic rings. The molecule has 1 atom stereocenters. The highest BCUT2D eigenvalue weighted by molar-refractivity contribution is 5.85. The predicted molar refractivity (Wildman–Crippen MR) is 54.0 cm³/mol. The first-order valence-electron chi connectivity index (χ1n) is 4.58. The fraction of sp³-hybridized carbons (Fsp3) is 0.400. The number of nitrogens with one attached hydrogen (secondary N) is 1. The summed E-state index contributed by atoms with van der Waals surface area (Å²) in [7, 11) is 0. The summed E-state index contributed by atoms with van der Waals surface area (Å²) in [6, 6.07) is 3.08. The molecule has 0 aromatic heterocycles. The van der Waals surface area contributed by atoms with Gasteiger partial charge >= 0.3 is 6.18 Å². The number of benzene rings is 1. The van der Waals surface area contributed by atoms with E-state index in [0.717, 1.165) is 25.1 Å². The maximum absolute atomic E-state index is 12.9. The van der Waals surface area contributed by atoms with E-state index in [-0.39, 0.29) is 18.4 Å². The van der Waals surface area contributed by atoms with Gasteiger partial charge in [0.15, 0.2) is 0 Å². The van der Waals surface area contributed by atoms with E-state index in [1.54, 1.807) is 0 Å². The third-order valence-corrected chi connectivity index (χ3v) is 2.52. The first-order chi connectivity index (χ1) is 6.98. The summed E-state index contributed by atoms with van der Waals surface area (Å²) in [5.41, 5.74) is -0.691. The molecule has 1 aliphatic heterocycles. The fourth-order valence-corrected chi connectivity index (χ4v) is 1.55. The van der Waals surface area contributed by atoms with Crippen LogP contribution in [0.1, 0.15) is 23.6 Å². The Kier molecular flexibility index (Phi) is 3.80. The van der Waals surface area contributed by atoms with Crippen LogP contribution >= 0.6 is 12.4 Å². The van der Waals surface area contributed by atoms with E-state index >= 15 is 0 Å². The van der Waals surface area contributed by atoms with E-state index < -0.39 is 17.6 Å². The number of alkyl halides is 3. The first kappa shape index (κ1) is 13.3. The molecule has 1 heterocycles. The number of hydrogen-bond donors (Lipinski definition) is 1. The standard InChI is InChI=1S/C10H9F4N.ClH/c11-8-2-1-6(9-3-4-15-9)5-7(8)10(12,13)14;/h1-2,5,9,15H,3-4H2;1H/t9-;/m1./s1. The van der Waals surface area contributed by atoms with Gasteiger partial charge in [0.05, 0.1) is 5.56 Å². The lowest BCUT2D eigenvalue weighted by molar-refractivity contribution is -0.140. The van der Waals surface area contributed by atoms with Crippen molar-refractivity contribution in [2.24, 2.45) is 0 Å². The van der Waals surface area contributed by atoms with Crippen LogP contribution in [-0.4, -0.2) is 6.54 Å². The van der Waals surface area contributed by atoms with E-state index in [1.807, 2.05) is 0 Å². The molecular weight excluding hydrogens is 246 g/mol. The van der Waals surface area contributed by atoms with Crippen LogP contribution < -0.4 is 5.32 Å². The van der Waals surface area contributed by atoms with Gasteiger partial charge < -0.3 is 5.32 Å². The molecule has 1 nitrogen and oxygen atoms in total. The van der Waals surface area contributed by atoms with Crippen LogP contribution in [0.5, 0.6) is 0 Å². The van der Waals surface area contributed by atoms with Gasteiger partial charge in [0, 0.05) is 6.04 Å². The molecule has 90 valence electrons. The molecule has 0 aliphatic carbocycles. The quantitative estimate of drug-likeness (QED) is 0.760. The van der Waals surface area contributed by atoms with Crippen molar-refractivity contribution < 1.29 is 17.6 Å². The van der Waals surface area contributed by atoms with Gasteiger partial charge in [-0.25, -0.2) is 4.39 Å². The van der Waals surface area contributed by atoms with E-state index in [4.69, 9.17) is 0 Å². The summed E-state index contributed by atoms with van der Waals surface area (Å²) in [4.78, 5) is 0. The second-order valence-electron chi connectivity index (χ2n) is 3.53. The molecule has 0 saturated carbocycles. The highest BCUT2D eigenvalue weighted by Crippen LogP contribution is 2.34. The number of halogens is 5. The van der Waals surface area contributed by atoms with Crippen LogP contribution in [0.25, 0.3) is 0 Å². The second kappa shape index (κ2) is 4.59. The molecule has 0 unspecified atom stereocenters. The highest BCUT2D eigenvalue weighted by Gasteiger charge is 2.35. The van der Waals surface area contributed by atoms with Crippen molar-refractivity contribution in [2.45, 2.75) is 18.6 Å². The van der Waals surface area contributed by atoms with Gasteiger partial charge in [-0.1, -0.05) is 6.07 Å². The van der Waals surface area contributed by atoms with Gasteiger partial charge in [0.2, 0.25) is 0 Å². The maximum Gasteiger partial charge on any atom is 0.419 e. The Bertz CT molecular complexity index is 374. The minimum Gasteiger partial charge on any atom is -0.310 e. The summed E-state index contributed by atoms with van der Waals surface area (Å²) in [6.45, 7) is 0.795. The van der Waals surface area contributed by atoms with E-state index in [0.29, 0.717) is 5.56 Å². The minimum absolute atomic E-state index is 0. The largest absolute Gasteiger partial charge is 0.419 e. The Balaban J connectivity index is 0.00000128. The van der Waals surface area contributed by atoms with Gasteiger partial charge in [-0.05, 0) is 30.7 Å². The van der Waals surface area contributed by atoms with E-state index in [9.17, 15) is 17.6 Å². The van der Waals surface area contributed by atoms with Crippen molar-refractivity contribution >= 4 is 12.4 Å². The van der Waals surface area contributed by atoms with Crippen molar-refractivity contribution in [3.8, 4) is 0 Å². The van der Waals surface area contributed by atoms with Crippen LogP contribution in [0.3, 0.4) is 0 Å². The van der Waals surface area contributed by atoms with Crippen LogP contribution in [0.15, 0.2) is 18.2 Å². The van der Waals surface area contributed by atoms with Crippen LogP contribution in [0.4, 0.5) is 17.6 Å². The zero-order chi connectivity index (χ0) is 11.1. The lowest BCUT2D eigenvalue weighted by atomic mass is 9.96. The van der Waals surface area contributed by atoms with Crippen LogP contribution in [0, 0.1) is 5.82 Å². The predicted octanol–water partition coefficient (Wildman–Crippen LogP) is 3.30. The van der Waals surface area contributed by atoms with Crippen LogP contribution in [0.2, 0.25) is 0 Å². The van der Waals surface area contributed by atoms with Crippen molar-refractivity contribution in [2.75, 3.05) is 6.54 Å². The summed E-state index contributed by atoms with van der Waals surface area (Å²) < 4.78 is 50.0. The lowest BCUT2D eigenvalue weighted by Gasteiger charge is -2.28. The van der Waals surface area contributed by atoms with Crippen molar-refractivity contribution in [3.05, 3.63) is 35.1 Å². The third-order valence-electron chi connectivity index (χ3n) is 2.52. The van der Waals surface area contributed by atoms with Crippen LogP contribution in [-0.2, 0) is 6.18 Å². The molecule has 0 spiro atoms. The number of rotatable bonds is 1. The van der Waals surface area contributed by atoms with Gasteiger partial charge in [0.1, 0.15) is 5.82 Å². The maximum atomic E-state index is 12.9. The van der Waals surface area contributed by atoms with E-state index in [2.05, 4.69) is 5.32 Å². The summed E-state index contributed by atoms with van der Waals surface area (Å²) >= 11 is 0. The van der Waals surface area contributed by atoms with Gasteiger partial charge in [-0.3, -0.25) is 0 Å². The zero-order valence-corrected chi connectivity index (χ0v) is 8.96. The molecule has 1 N–H and O–H groups in total. The van der Waals surface area contributed by atoms with Gasteiger partial charge in [0.25, 0.3) is 0 Å². The molecular formula is C10H10ClF4N. The monoisotopic (exact) mass is 255 g/mol. The molecule has 0 bridgehead atoms. The van der Waals surface area contributed by atoms with Crippen molar-refractivity contribution in [1.82, 2.24) is 5.32 Å². The van der Waals surface area contributed by atoms with Crippen molar-refractivity contribution in [3.63, 3.8) is 0 Å². The molecule has 1 aromatic carbocycles.